The number of piperidine rings is 1. The molecule has 5 nitrogen and oxygen atoms in total. The molecule has 0 aromatic heterocycles. The molecule has 110 valence electrons. The molecular weight excluding hydrogens is 267 g/mol. The molecule has 0 spiro atoms. The molecule has 1 amide bonds. The van der Waals surface area contributed by atoms with E-state index in [1.54, 1.807) is 0 Å². The fraction of sp³-hybridized carbons (Fsp3) is 0.818. The minimum atomic E-state index is -4.51. The first-order valence-electron chi connectivity index (χ1n) is 5.94. The number of alkyl halides is 3. The number of carbonyl (C=O) groups excluding carboxylic acids is 1. The smallest absolute Gasteiger partial charge is 0.411 e. The van der Waals surface area contributed by atoms with Crippen LogP contribution in [-0.4, -0.2) is 53.4 Å². The Morgan fingerprint density at radius 3 is 2.58 bits per heavy atom. The summed E-state index contributed by atoms with van der Waals surface area (Å²) < 4.78 is 40.4. The second-order valence-electron chi connectivity index (χ2n) is 4.45. The molecule has 1 aliphatic rings. The van der Waals surface area contributed by atoms with Gasteiger partial charge in [-0.25, -0.2) is 4.79 Å². The van der Waals surface area contributed by atoms with E-state index in [1.165, 1.54) is 6.92 Å². The van der Waals surface area contributed by atoms with Gasteiger partial charge in [0.15, 0.2) is 0 Å². The van der Waals surface area contributed by atoms with E-state index in [0.29, 0.717) is 19.3 Å². The lowest BCUT2D eigenvalue weighted by Gasteiger charge is -2.34. The number of likely N-dealkylation sites (tertiary alicyclic amines) is 1. The monoisotopic (exact) mass is 283 g/mol. The Morgan fingerprint density at radius 2 is 2.05 bits per heavy atom. The van der Waals surface area contributed by atoms with Gasteiger partial charge in [0, 0.05) is 6.54 Å². The zero-order chi connectivity index (χ0) is 14.6. The Kier molecular flexibility index (Phi) is 5.16. The Hall–Kier alpha value is -1.31. The predicted octanol–water partition coefficient (Wildman–Crippen LogP) is 1.42. The summed E-state index contributed by atoms with van der Waals surface area (Å²) in [6.45, 7) is -0.0947. The number of hydrogen-bond donors (Lipinski definition) is 1. The number of rotatable bonds is 4. The van der Waals surface area contributed by atoms with Crippen molar-refractivity contribution in [3.63, 3.8) is 0 Å². The number of nitrogens with zero attached hydrogens (tertiary/aromatic N) is 1. The van der Waals surface area contributed by atoms with Gasteiger partial charge in [0.25, 0.3) is 5.91 Å². The number of halogens is 3. The Morgan fingerprint density at radius 1 is 1.42 bits per heavy atom. The average molecular weight is 283 g/mol. The summed E-state index contributed by atoms with van der Waals surface area (Å²) in [6, 6.07) is -0.974. The van der Waals surface area contributed by atoms with E-state index in [-0.39, 0.29) is 6.54 Å². The number of hydrogen-bond acceptors (Lipinski definition) is 3. The summed E-state index contributed by atoms with van der Waals surface area (Å²) >= 11 is 0. The minimum Gasteiger partial charge on any atom is -0.480 e. The van der Waals surface area contributed by atoms with Gasteiger partial charge in [-0.1, -0.05) is 0 Å². The van der Waals surface area contributed by atoms with Crippen LogP contribution in [0.4, 0.5) is 13.2 Å². The van der Waals surface area contributed by atoms with Crippen molar-refractivity contribution in [2.24, 2.45) is 0 Å². The van der Waals surface area contributed by atoms with E-state index in [2.05, 4.69) is 4.74 Å². The third-order valence-corrected chi connectivity index (χ3v) is 2.92. The van der Waals surface area contributed by atoms with E-state index in [1.807, 2.05) is 0 Å². The Balaban J connectivity index is 2.61. The van der Waals surface area contributed by atoms with Crippen molar-refractivity contribution >= 4 is 11.9 Å². The maximum atomic E-state index is 12.0. The maximum absolute atomic E-state index is 12.0. The van der Waals surface area contributed by atoms with Gasteiger partial charge >= 0.3 is 12.1 Å². The van der Waals surface area contributed by atoms with E-state index in [0.717, 1.165) is 4.90 Å². The molecule has 1 fully saturated rings. The molecule has 0 bridgehead atoms. The van der Waals surface area contributed by atoms with Crippen LogP contribution < -0.4 is 0 Å². The highest BCUT2D eigenvalue weighted by Gasteiger charge is 2.36. The molecular formula is C11H16F3NO4. The van der Waals surface area contributed by atoms with Gasteiger partial charge in [0.2, 0.25) is 0 Å². The van der Waals surface area contributed by atoms with E-state index in [9.17, 15) is 22.8 Å². The largest absolute Gasteiger partial charge is 0.480 e. The standard InChI is InChI=1S/C11H16F3NO4/c1-7(19-6-11(12,13)14)9(16)15-5-3-2-4-8(15)10(17)18/h7-8H,2-6H2,1H3,(H,17,18)/t7-,8+/m1/s1. The summed E-state index contributed by atoms with van der Waals surface area (Å²) in [5.74, 6) is -1.85. The zero-order valence-electron chi connectivity index (χ0n) is 10.4. The molecule has 1 N–H and O–H groups in total. The normalized spacial score (nSPS) is 22.1. The number of carboxylic acid groups (broad SMARTS) is 1. The summed E-state index contributed by atoms with van der Waals surface area (Å²) in [4.78, 5) is 24.0. The zero-order valence-corrected chi connectivity index (χ0v) is 10.4. The second kappa shape index (κ2) is 6.23. The highest BCUT2D eigenvalue weighted by Crippen LogP contribution is 2.20. The van der Waals surface area contributed by atoms with Crippen molar-refractivity contribution in [1.82, 2.24) is 4.90 Å². The van der Waals surface area contributed by atoms with Gasteiger partial charge in [-0.15, -0.1) is 0 Å². The fourth-order valence-electron chi connectivity index (χ4n) is 1.98. The molecule has 1 rings (SSSR count). The van der Waals surface area contributed by atoms with Crippen LogP contribution in [-0.2, 0) is 14.3 Å². The summed E-state index contributed by atoms with van der Waals surface area (Å²) in [7, 11) is 0. The first kappa shape index (κ1) is 15.7. The van der Waals surface area contributed by atoms with Gasteiger partial charge in [-0.2, -0.15) is 13.2 Å². The van der Waals surface area contributed by atoms with E-state index in [4.69, 9.17) is 5.11 Å². The molecule has 1 saturated heterocycles. The summed E-state index contributed by atoms with van der Waals surface area (Å²) in [5, 5.41) is 8.98. The van der Waals surface area contributed by atoms with Gasteiger partial charge < -0.3 is 14.7 Å². The van der Waals surface area contributed by atoms with Crippen LogP contribution in [0, 0.1) is 0 Å². The van der Waals surface area contributed by atoms with Crippen LogP contribution in [0.1, 0.15) is 26.2 Å². The lowest BCUT2D eigenvalue weighted by Crippen LogP contribution is -2.51. The van der Waals surface area contributed by atoms with Gasteiger partial charge in [0.05, 0.1) is 0 Å². The third kappa shape index (κ3) is 4.70. The molecule has 0 radical (unpaired) electrons. The van der Waals surface area contributed by atoms with Crippen LogP contribution >= 0.6 is 0 Å². The SMILES string of the molecule is C[C@@H](OCC(F)(F)F)C(=O)N1CCCC[C@H]1C(=O)O. The summed E-state index contributed by atoms with van der Waals surface area (Å²) in [5.41, 5.74) is 0. The number of aliphatic carboxylic acids is 1. The molecule has 0 saturated carbocycles. The maximum Gasteiger partial charge on any atom is 0.411 e. The van der Waals surface area contributed by atoms with E-state index >= 15 is 0 Å². The van der Waals surface area contributed by atoms with Crippen molar-refractivity contribution in [3.05, 3.63) is 0 Å². The summed E-state index contributed by atoms with van der Waals surface area (Å²) in [6.07, 6.45) is -4.18. The van der Waals surface area contributed by atoms with Crippen molar-refractivity contribution in [1.29, 1.82) is 0 Å². The molecule has 1 heterocycles. The van der Waals surface area contributed by atoms with Crippen LogP contribution in [0.15, 0.2) is 0 Å². The lowest BCUT2D eigenvalue weighted by atomic mass is 10.0. The van der Waals surface area contributed by atoms with Crippen LogP contribution in [0.5, 0.6) is 0 Å². The van der Waals surface area contributed by atoms with Crippen LogP contribution in [0.3, 0.4) is 0 Å². The first-order valence-corrected chi connectivity index (χ1v) is 5.94. The van der Waals surface area contributed by atoms with Crippen molar-refractivity contribution in [2.45, 2.75) is 44.5 Å². The predicted molar refractivity (Wildman–Crippen MR) is 58.5 cm³/mol. The molecule has 2 atom stereocenters. The molecule has 1 aliphatic heterocycles. The molecule has 0 aromatic rings. The first-order chi connectivity index (χ1) is 8.72. The third-order valence-electron chi connectivity index (χ3n) is 2.92. The molecule has 8 heteroatoms. The van der Waals surface area contributed by atoms with Crippen molar-refractivity contribution in [3.8, 4) is 0 Å². The Labute approximate surface area is 108 Å². The lowest BCUT2D eigenvalue weighted by molar-refractivity contribution is -0.190. The quantitative estimate of drug-likeness (QED) is 0.847. The minimum absolute atomic E-state index is 0.232. The topological polar surface area (TPSA) is 66.8 Å². The molecule has 0 aromatic carbocycles. The van der Waals surface area contributed by atoms with Gasteiger partial charge in [-0.05, 0) is 26.2 Å². The highest BCUT2D eigenvalue weighted by molar-refractivity contribution is 5.86. The van der Waals surface area contributed by atoms with Crippen LogP contribution in [0.2, 0.25) is 0 Å². The highest BCUT2D eigenvalue weighted by atomic mass is 19.4. The number of ether oxygens (including phenoxy) is 1. The van der Waals surface area contributed by atoms with Crippen LogP contribution in [0.25, 0.3) is 0 Å². The number of amides is 1. The second-order valence-corrected chi connectivity index (χ2v) is 4.45. The number of carboxylic acids is 1. The number of carbonyl (C=O) groups is 2. The fourth-order valence-corrected chi connectivity index (χ4v) is 1.98. The van der Waals surface area contributed by atoms with Crippen molar-refractivity contribution < 1.29 is 32.6 Å². The molecule has 0 unspecified atom stereocenters. The van der Waals surface area contributed by atoms with Gasteiger partial charge in [-0.3, -0.25) is 4.79 Å². The molecule has 0 aliphatic carbocycles. The van der Waals surface area contributed by atoms with E-state index < -0.39 is 36.8 Å². The average Bonchev–Trinajstić information content (AvgIpc) is 2.34. The molecule has 19 heavy (non-hydrogen) atoms. The van der Waals surface area contributed by atoms with Crippen molar-refractivity contribution in [2.75, 3.05) is 13.2 Å². The Bertz CT molecular complexity index is 345. The van der Waals surface area contributed by atoms with Gasteiger partial charge in [0.1, 0.15) is 18.8 Å².